The zero-order valence-electron chi connectivity index (χ0n) is 19.8. The van der Waals surface area contributed by atoms with Crippen molar-refractivity contribution in [3.63, 3.8) is 0 Å². The number of aliphatic hydroxyl groups excluding tert-OH is 1. The molecular weight excluding hydrogens is 424 g/mol. The number of aliphatic hydroxyl groups is 1. The number of thioether (sulfide) groups is 1. The summed E-state index contributed by atoms with van der Waals surface area (Å²) >= 11 is 1.45. The van der Waals surface area contributed by atoms with Gasteiger partial charge in [-0.25, -0.2) is 4.79 Å². The monoisotopic (exact) mass is 462 g/mol. The van der Waals surface area contributed by atoms with Gasteiger partial charge in [0.2, 0.25) is 5.91 Å². The SMILES string of the molecule is COC(=O)c1ccccc1SCC(O)CN1CC2CCCC[C@H]2CC1C(=O)NC(C)(C)C. The molecule has 2 fully saturated rings. The molecule has 1 heterocycles. The van der Waals surface area contributed by atoms with Crippen molar-refractivity contribution in [2.45, 2.75) is 75.5 Å². The lowest BCUT2D eigenvalue weighted by Gasteiger charge is -2.46. The Balaban J connectivity index is 1.65. The van der Waals surface area contributed by atoms with Crippen molar-refractivity contribution in [3.8, 4) is 0 Å². The van der Waals surface area contributed by atoms with E-state index in [4.69, 9.17) is 4.74 Å². The summed E-state index contributed by atoms with van der Waals surface area (Å²) in [6.45, 7) is 7.34. The Morgan fingerprint density at radius 3 is 2.59 bits per heavy atom. The lowest BCUT2D eigenvalue weighted by Crippen LogP contribution is -2.58. The Morgan fingerprint density at radius 1 is 1.22 bits per heavy atom. The summed E-state index contributed by atoms with van der Waals surface area (Å²) in [6.07, 6.45) is 5.21. The number of benzene rings is 1. The molecule has 0 aromatic heterocycles. The van der Waals surface area contributed by atoms with Crippen LogP contribution in [0.15, 0.2) is 29.2 Å². The van der Waals surface area contributed by atoms with E-state index in [1.807, 2.05) is 32.9 Å². The standard InChI is InChI=1S/C25H38N2O4S/c1-25(2,3)26-23(29)21-13-17-9-5-6-10-18(17)14-27(21)15-19(28)16-32-22-12-8-7-11-20(22)24(30)31-4/h7-8,11-12,17-19,21,28H,5-6,9-10,13-16H2,1-4H3,(H,26,29)/t17-,18?,19?,21?/m0/s1. The van der Waals surface area contributed by atoms with Gasteiger partial charge in [0.25, 0.3) is 0 Å². The van der Waals surface area contributed by atoms with Crippen LogP contribution in [-0.4, -0.2) is 65.5 Å². The smallest absolute Gasteiger partial charge is 0.338 e. The predicted molar refractivity (Wildman–Crippen MR) is 128 cm³/mol. The van der Waals surface area contributed by atoms with Gasteiger partial charge < -0.3 is 15.2 Å². The fraction of sp³-hybridized carbons (Fsp3) is 0.680. The summed E-state index contributed by atoms with van der Waals surface area (Å²) < 4.78 is 4.87. The second-order valence-corrected chi connectivity index (χ2v) is 11.3. The van der Waals surface area contributed by atoms with E-state index in [1.165, 1.54) is 44.6 Å². The van der Waals surface area contributed by atoms with Gasteiger partial charge in [-0.3, -0.25) is 9.69 Å². The molecule has 0 spiro atoms. The number of nitrogens with zero attached hydrogens (tertiary/aromatic N) is 1. The number of carbonyl (C=O) groups excluding carboxylic acids is 2. The number of piperidine rings is 1. The Morgan fingerprint density at radius 2 is 1.91 bits per heavy atom. The number of esters is 1. The Kier molecular flexibility index (Phi) is 8.64. The van der Waals surface area contributed by atoms with Gasteiger partial charge in [-0.1, -0.05) is 31.4 Å². The largest absolute Gasteiger partial charge is 0.465 e. The molecule has 32 heavy (non-hydrogen) atoms. The third-order valence-corrected chi connectivity index (χ3v) is 7.69. The maximum absolute atomic E-state index is 13.1. The number of amides is 1. The molecule has 2 N–H and O–H groups in total. The maximum atomic E-state index is 13.1. The second kappa shape index (κ2) is 11.0. The number of likely N-dealkylation sites (tertiary alicyclic amines) is 1. The van der Waals surface area contributed by atoms with Crippen LogP contribution in [0.25, 0.3) is 0 Å². The third-order valence-electron chi connectivity index (χ3n) is 6.47. The Hall–Kier alpha value is -1.57. The van der Waals surface area contributed by atoms with Crippen molar-refractivity contribution in [1.29, 1.82) is 0 Å². The minimum absolute atomic E-state index is 0.0670. The van der Waals surface area contributed by atoms with Crippen LogP contribution in [0, 0.1) is 11.8 Å². The van der Waals surface area contributed by atoms with Crippen LogP contribution in [0.1, 0.15) is 63.2 Å². The lowest BCUT2D eigenvalue weighted by molar-refractivity contribution is -0.132. The van der Waals surface area contributed by atoms with Gasteiger partial charge in [0.1, 0.15) is 0 Å². The first kappa shape index (κ1) is 25.1. The van der Waals surface area contributed by atoms with Crippen LogP contribution in [0.5, 0.6) is 0 Å². The molecule has 1 amide bonds. The van der Waals surface area contributed by atoms with E-state index >= 15 is 0 Å². The summed E-state index contributed by atoms with van der Waals surface area (Å²) in [6, 6.07) is 7.09. The number of methoxy groups -OCH3 is 1. The Bertz CT molecular complexity index is 794. The topological polar surface area (TPSA) is 78.9 Å². The third kappa shape index (κ3) is 6.72. The molecule has 1 aromatic rings. The zero-order chi connectivity index (χ0) is 23.3. The number of rotatable bonds is 7. The molecule has 0 bridgehead atoms. The first-order valence-corrected chi connectivity index (χ1v) is 12.7. The van der Waals surface area contributed by atoms with E-state index < -0.39 is 6.10 Å². The van der Waals surface area contributed by atoms with Gasteiger partial charge in [-0.15, -0.1) is 11.8 Å². The molecule has 1 aromatic carbocycles. The summed E-state index contributed by atoms with van der Waals surface area (Å²) in [4.78, 5) is 28.1. The molecule has 1 aliphatic carbocycles. The zero-order valence-corrected chi connectivity index (χ0v) is 20.6. The van der Waals surface area contributed by atoms with Crippen LogP contribution in [0.4, 0.5) is 0 Å². The molecule has 1 saturated heterocycles. The number of nitrogens with one attached hydrogen (secondary N) is 1. The maximum Gasteiger partial charge on any atom is 0.338 e. The van der Waals surface area contributed by atoms with Crippen molar-refractivity contribution in [2.24, 2.45) is 11.8 Å². The molecule has 0 radical (unpaired) electrons. The van der Waals surface area contributed by atoms with E-state index in [-0.39, 0.29) is 23.5 Å². The van der Waals surface area contributed by atoms with Crippen LogP contribution >= 0.6 is 11.8 Å². The summed E-state index contributed by atoms with van der Waals surface area (Å²) in [5, 5.41) is 14.0. The highest BCUT2D eigenvalue weighted by Crippen LogP contribution is 2.39. The van der Waals surface area contributed by atoms with E-state index in [0.717, 1.165) is 17.9 Å². The normalized spacial score (nSPS) is 25.0. The molecule has 178 valence electrons. The number of ether oxygens (including phenoxy) is 1. The molecule has 7 heteroatoms. The average molecular weight is 463 g/mol. The first-order valence-electron chi connectivity index (χ1n) is 11.7. The van der Waals surface area contributed by atoms with Crippen LogP contribution in [0.2, 0.25) is 0 Å². The van der Waals surface area contributed by atoms with E-state index in [2.05, 4.69) is 10.2 Å². The van der Waals surface area contributed by atoms with E-state index in [1.54, 1.807) is 12.1 Å². The number of fused-ring (bicyclic) bond motifs is 1. The molecule has 2 aliphatic rings. The van der Waals surface area contributed by atoms with Gasteiger partial charge in [0.05, 0.1) is 24.8 Å². The van der Waals surface area contributed by atoms with Gasteiger partial charge in [0, 0.05) is 29.3 Å². The second-order valence-electron chi connectivity index (χ2n) is 10.2. The number of β-amino-alcohol motifs (C(OH)–C–C–N with tert-alkyl or cyclic N) is 1. The van der Waals surface area contributed by atoms with Gasteiger partial charge in [-0.2, -0.15) is 0 Å². The van der Waals surface area contributed by atoms with E-state index in [9.17, 15) is 14.7 Å². The molecular formula is C25H38N2O4S. The molecule has 6 nitrogen and oxygen atoms in total. The lowest BCUT2D eigenvalue weighted by atomic mass is 9.72. The van der Waals surface area contributed by atoms with Crippen molar-refractivity contribution < 1.29 is 19.4 Å². The molecule has 3 rings (SSSR count). The predicted octanol–water partition coefficient (Wildman–Crippen LogP) is 3.72. The van der Waals surface area contributed by atoms with Crippen LogP contribution < -0.4 is 5.32 Å². The highest BCUT2D eigenvalue weighted by Gasteiger charge is 2.41. The van der Waals surface area contributed by atoms with Gasteiger partial charge >= 0.3 is 5.97 Å². The molecule has 1 aliphatic heterocycles. The number of hydrogen-bond acceptors (Lipinski definition) is 6. The highest BCUT2D eigenvalue weighted by atomic mass is 32.2. The first-order chi connectivity index (χ1) is 15.2. The minimum atomic E-state index is -0.601. The fourth-order valence-electron chi connectivity index (χ4n) is 5.01. The van der Waals surface area contributed by atoms with Crippen molar-refractivity contribution in [2.75, 3.05) is 26.0 Å². The highest BCUT2D eigenvalue weighted by molar-refractivity contribution is 7.99. The summed E-state index contributed by atoms with van der Waals surface area (Å²) in [7, 11) is 1.37. The molecule has 4 atom stereocenters. The summed E-state index contributed by atoms with van der Waals surface area (Å²) in [5.74, 6) is 1.36. The average Bonchev–Trinajstić information content (AvgIpc) is 2.75. The Labute approximate surface area is 196 Å². The number of hydrogen-bond donors (Lipinski definition) is 2. The van der Waals surface area contributed by atoms with Crippen molar-refractivity contribution in [3.05, 3.63) is 29.8 Å². The molecule has 3 unspecified atom stereocenters. The van der Waals surface area contributed by atoms with Crippen LogP contribution in [0.3, 0.4) is 0 Å². The van der Waals surface area contributed by atoms with Crippen molar-refractivity contribution in [1.82, 2.24) is 10.2 Å². The summed E-state index contributed by atoms with van der Waals surface area (Å²) in [5.41, 5.74) is 0.232. The number of carbonyl (C=O) groups is 2. The van der Waals surface area contributed by atoms with Gasteiger partial charge in [0.15, 0.2) is 0 Å². The van der Waals surface area contributed by atoms with Gasteiger partial charge in [-0.05, 0) is 57.6 Å². The quantitative estimate of drug-likeness (QED) is 0.475. The minimum Gasteiger partial charge on any atom is -0.465 e. The molecule has 1 saturated carbocycles. The fourth-order valence-corrected chi connectivity index (χ4v) is 5.97. The van der Waals surface area contributed by atoms with Crippen LogP contribution in [-0.2, 0) is 9.53 Å². The van der Waals surface area contributed by atoms with E-state index in [0.29, 0.717) is 29.7 Å². The van der Waals surface area contributed by atoms with Crippen molar-refractivity contribution >= 4 is 23.6 Å².